The Morgan fingerprint density at radius 1 is 1.20 bits per heavy atom. The van der Waals surface area contributed by atoms with Crippen molar-refractivity contribution in [2.45, 2.75) is 32.7 Å². The average Bonchev–Trinajstić information content (AvgIpc) is 2.47. The van der Waals surface area contributed by atoms with Crippen LogP contribution in [-0.2, 0) is 6.42 Å². The maximum Gasteiger partial charge on any atom is 0.128 e. The lowest BCUT2D eigenvalue weighted by Crippen LogP contribution is -2.25. The molecule has 3 heteroatoms. The molecule has 1 aromatic heterocycles. The van der Waals surface area contributed by atoms with Gasteiger partial charge in [-0.25, -0.2) is 4.39 Å². The zero-order chi connectivity index (χ0) is 14.4. The fraction of sp³-hybridized carbons (Fsp3) is 0.353. The zero-order valence-electron chi connectivity index (χ0n) is 12.1. The molecule has 1 unspecified atom stereocenters. The fourth-order valence-electron chi connectivity index (χ4n) is 2.30. The van der Waals surface area contributed by atoms with E-state index < -0.39 is 0 Å². The molecule has 0 saturated carbocycles. The van der Waals surface area contributed by atoms with Gasteiger partial charge in [-0.15, -0.1) is 0 Å². The number of aromatic nitrogens is 1. The molecule has 0 spiro atoms. The van der Waals surface area contributed by atoms with Gasteiger partial charge in [0.1, 0.15) is 5.82 Å². The number of nitrogens with one attached hydrogen (secondary N) is 1. The third-order valence-corrected chi connectivity index (χ3v) is 3.36. The van der Waals surface area contributed by atoms with Gasteiger partial charge < -0.3 is 5.32 Å². The van der Waals surface area contributed by atoms with E-state index in [0.29, 0.717) is 0 Å². The van der Waals surface area contributed by atoms with Gasteiger partial charge in [0.15, 0.2) is 0 Å². The Hall–Kier alpha value is -1.74. The quantitative estimate of drug-likeness (QED) is 0.865. The Bertz CT molecular complexity index is 540. The minimum absolute atomic E-state index is 0.00255. The smallest absolute Gasteiger partial charge is 0.128 e. The SMILES string of the molecule is CCCNC(Cc1ccncc1)c1cc(C)ccc1F. The van der Waals surface area contributed by atoms with Crippen molar-refractivity contribution in [3.05, 3.63) is 65.2 Å². The first-order chi connectivity index (χ1) is 9.70. The number of hydrogen-bond donors (Lipinski definition) is 1. The van der Waals surface area contributed by atoms with Gasteiger partial charge in [0, 0.05) is 24.0 Å². The molecule has 2 rings (SSSR count). The Morgan fingerprint density at radius 2 is 1.95 bits per heavy atom. The topological polar surface area (TPSA) is 24.9 Å². The molecule has 0 aliphatic heterocycles. The highest BCUT2D eigenvalue weighted by molar-refractivity contribution is 5.28. The van der Waals surface area contributed by atoms with Crippen LogP contribution in [-0.4, -0.2) is 11.5 Å². The number of rotatable bonds is 6. The van der Waals surface area contributed by atoms with Crippen molar-refractivity contribution in [2.24, 2.45) is 0 Å². The molecule has 106 valence electrons. The monoisotopic (exact) mass is 272 g/mol. The van der Waals surface area contributed by atoms with Crippen molar-refractivity contribution in [3.8, 4) is 0 Å². The summed E-state index contributed by atoms with van der Waals surface area (Å²) in [6.45, 7) is 4.98. The standard InChI is InChI=1S/C17H21FN2/c1-3-8-20-17(12-14-6-9-19-10-7-14)15-11-13(2)4-5-16(15)18/h4-7,9-11,17,20H,3,8,12H2,1-2H3. The predicted octanol–water partition coefficient (Wildman–Crippen LogP) is 3.81. The number of hydrogen-bond acceptors (Lipinski definition) is 2. The van der Waals surface area contributed by atoms with Gasteiger partial charge in [0.2, 0.25) is 0 Å². The Labute approximate surface area is 120 Å². The van der Waals surface area contributed by atoms with Crippen molar-refractivity contribution in [1.29, 1.82) is 0 Å². The fourth-order valence-corrected chi connectivity index (χ4v) is 2.30. The second kappa shape index (κ2) is 7.15. The highest BCUT2D eigenvalue weighted by Gasteiger charge is 2.15. The van der Waals surface area contributed by atoms with Gasteiger partial charge in [-0.1, -0.05) is 24.6 Å². The minimum Gasteiger partial charge on any atom is -0.310 e. The van der Waals surface area contributed by atoms with Crippen molar-refractivity contribution in [2.75, 3.05) is 6.54 Å². The van der Waals surface area contributed by atoms with E-state index in [0.717, 1.165) is 36.1 Å². The van der Waals surface area contributed by atoms with E-state index in [-0.39, 0.29) is 11.9 Å². The van der Waals surface area contributed by atoms with Gasteiger partial charge in [-0.2, -0.15) is 0 Å². The molecular weight excluding hydrogens is 251 g/mol. The number of benzene rings is 1. The molecule has 0 bridgehead atoms. The maximum atomic E-state index is 14.1. The van der Waals surface area contributed by atoms with Gasteiger partial charge in [0.25, 0.3) is 0 Å². The molecular formula is C17H21FN2. The summed E-state index contributed by atoms with van der Waals surface area (Å²) in [4.78, 5) is 4.02. The third kappa shape index (κ3) is 3.87. The van der Waals surface area contributed by atoms with E-state index in [1.165, 1.54) is 0 Å². The lowest BCUT2D eigenvalue weighted by Gasteiger charge is -2.20. The molecule has 0 aliphatic rings. The molecule has 0 fully saturated rings. The van der Waals surface area contributed by atoms with Gasteiger partial charge >= 0.3 is 0 Å². The predicted molar refractivity (Wildman–Crippen MR) is 80.1 cm³/mol. The molecule has 1 heterocycles. The maximum absolute atomic E-state index is 14.1. The van der Waals surface area contributed by atoms with E-state index in [1.54, 1.807) is 18.5 Å². The van der Waals surface area contributed by atoms with Crippen molar-refractivity contribution in [3.63, 3.8) is 0 Å². The first-order valence-electron chi connectivity index (χ1n) is 7.09. The van der Waals surface area contributed by atoms with Crippen molar-refractivity contribution in [1.82, 2.24) is 10.3 Å². The molecule has 20 heavy (non-hydrogen) atoms. The van der Waals surface area contributed by atoms with E-state index in [9.17, 15) is 4.39 Å². The Kier molecular flexibility index (Phi) is 5.24. The minimum atomic E-state index is -0.141. The van der Waals surface area contributed by atoms with Gasteiger partial charge in [-0.05, 0) is 50.1 Å². The largest absolute Gasteiger partial charge is 0.310 e. The summed E-state index contributed by atoms with van der Waals surface area (Å²) in [5.41, 5.74) is 2.99. The Morgan fingerprint density at radius 3 is 2.65 bits per heavy atom. The number of aryl methyl sites for hydroxylation is 1. The third-order valence-electron chi connectivity index (χ3n) is 3.36. The van der Waals surface area contributed by atoms with Crippen LogP contribution in [0.5, 0.6) is 0 Å². The summed E-state index contributed by atoms with van der Waals surface area (Å²) < 4.78 is 14.1. The zero-order valence-corrected chi connectivity index (χ0v) is 12.1. The average molecular weight is 272 g/mol. The van der Waals surface area contributed by atoms with E-state index in [2.05, 4.69) is 17.2 Å². The molecule has 1 N–H and O–H groups in total. The van der Waals surface area contributed by atoms with E-state index >= 15 is 0 Å². The van der Waals surface area contributed by atoms with Crippen LogP contribution in [0.4, 0.5) is 4.39 Å². The summed E-state index contributed by atoms with van der Waals surface area (Å²) in [5.74, 6) is -0.141. The normalized spacial score (nSPS) is 12.3. The molecule has 0 saturated heterocycles. The van der Waals surface area contributed by atoms with Crippen LogP contribution in [0.3, 0.4) is 0 Å². The summed E-state index contributed by atoms with van der Waals surface area (Å²) >= 11 is 0. The van der Waals surface area contributed by atoms with Gasteiger partial charge in [0.05, 0.1) is 0 Å². The molecule has 1 atom stereocenters. The summed E-state index contributed by atoms with van der Waals surface area (Å²) in [5, 5.41) is 3.44. The first kappa shape index (κ1) is 14.7. The number of pyridine rings is 1. The molecule has 0 aliphatic carbocycles. The van der Waals surface area contributed by atoms with Crippen molar-refractivity contribution >= 4 is 0 Å². The first-order valence-corrected chi connectivity index (χ1v) is 7.09. The summed E-state index contributed by atoms with van der Waals surface area (Å²) in [6.07, 6.45) is 5.35. The molecule has 2 nitrogen and oxygen atoms in total. The van der Waals surface area contributed by atoms with Crippen LogP contribution >= 0.6 is 0 Å². The second-order valence-electron chi connectivity index (χ2n) is 5.09. The van der Waals surface area contributed by atoms with Crippen molar-refractivity contribution < 1.29 is 4.39 Å². The highest BCUT2D eigenvalue weighted by atomic mass is 19.1. The molecule has 0 amide bonds. The summed E-state index contributed by atoms with van der Waals surface area (Å²) in [6, 6.07) is 9.25. The molecule has 0 radical (unpaired) electrons. The van der Waals surface area contributed by atoms with Crippen LogP contribution in [0.15, 0.2) is 42.7 Å². The summed E-state index contributed by atoms with van der Waals surface area (Å²) in [7, 11) is 0. The van der Waals surface area contributed by atoms with E-state index in [1.807, 2.05) is 31.2 Å². The lowest BCUT2D eigenvalue weighted by molar-refractivity contribution is 0.496. The van der Waals surface area contributed by atoms with Crippen LogP contribution in [0.25, 0.3) is 0 Å². The molecule has 2 aromatic rings. The lowest BCUT2D eigenvalue weighted by atomic mass is 9.97. The number of halogens is 1. The van der Waals surface area contributed by atoms with Crippen LogP contribution in [0.1, 0.15) is 36.1 Å². The van der Waals surface area contributed by atoms with Crippen LogP contribution in [0, 0.1) is 12.7 Å². The second-order valence-corrected chi connectivity index (χ2v) is 5.09. The highest BCUT2D eigenvalue weighted by Crippen LogP contribution is 2.22. The molecule has 1 aromatic carbocycles. The number of nitrogens with zero attached hydrogens (tertiary/aromatic N) is 1. The van der Waals surface area contributed by atoms with Crippen LogP contribution < -0.4 is 5.32 Å². The van der Waals surface area contributed by atoms with E-state index in [4.69, 9.17) is 0 Å². The van der Waals surface area contributed by atoms with Crippen LogP contribution in [0.2, 0.25) is 0 Å². The van der Waals surface area contributed by atoms with Gasteiger partial charge in [-0.3, -0.25) is 4.98 Å². The Balaban J connectivity index is 2.24.